The molecule has 4 nitrogen and oxygen atoms in total. The Labute approximate surface area is 246 Å². The summed E-state index contributed by atoms with van der Waals surface area (Å²) in [6.45, 7) is 6.35. The van der Waals surface area contributed by atoms with Gasteiger partial charge in [0.1, 0.15) is 5.82 Å². The summed E-state index contributed by atoms with van der Waals surface area (Å²) in [5, 5.41) is 12.7. The fraction of sp³-hybridized carbons (Fsp3) is 0.222. The van der Waals surface area contributed by atoms with Crippen molar-refractivity contribution in [2.45, 2.75) is 56.6 Å². The number of nitrogens with two attached hydrogens (primary N) is 1. The second kappa shape index (κ2) is 11.0. The van der Waals surface area contributed by atoms with Crippen molar-refractivity contribution in [1.82, 2.24) is 0 Å². The number of hydrogen-bond donors (Lipinski definition) is 1. The molecule has 4 aromatic carbocycles. The first-order valence-corrected chi connectivity index (χ1v) is 15.1. The van der Waals surface area contributed by atoms with Crippen LogP contribution in [0.1, 0.15) is 53.0 Å². The third-order valence-corrected chi connectivity index (χ3v) is 9.66. The quantitative estimate of drug-likeness (QED) is 0.251. The molecule has 2 N–H and O–H groups in total. The Balaban J connectivity index is 1.50. The second-order valence-electron chi connectivity index (χ2n) is 11.0. The van der Waals surface area contributed by atoms with Crippen molar-refractivity contribution in [2.75, 3.05) is 4.90 Å². The minimum absolute atomic E-state index is 0.109. The normalized spacial score (nSPS) is 17.2. The third kappa shape index (κ3) is 4.73. The molecule has 0 saturated carbocycles. The molecule has 0 bridgehead atoms. The average Bonchev–Trinajstić information content (AvgIpc) is 2.97. The van der Waals surface area contributed by atoms with Crippen LogP contribution in [0.15, 0.2) is 106 Å². The number of fused-ring (bicyclic) bond motifs is 1. The van der Waals surface area contributed by atoms with Gasteiger partial charge >= 0.3 is 0 Å². The monoisotopic (exact) mass is 555 g/mol. The van der Waals surface area contributed by atoms with E-state index in [-0.39, 0.29) is 5.78 Å². The fourth-order valence-electron chi connectivity index (χ4n) is 6.33. The second-order valence-corrected chi connectivity index (χ2v) is 12.0. The van der Waals surface area contributed by atoms with Gasteiger partial charge in [-0.1, -0.05) is 66.7 Å². The summed E-state index contributed by atoms with van der Waals surface area (Å²) < 4.78 is 0. The van der Waals surface area contributed by atoms with E-state index < -0.39 is 5.92 Å². The van der Waals surface area contributed by atoms with Crippen LogP contribution in [0, 0.1) is 32.1 Å². The zero-order valence-electron chi connectivity index (χ0n) is 23.7. The van der Waals surface area contributed by atoms with Crippen LogP contribution >= 0.6 is 11.8 Å². The van der Waals surface area contributed by atoms with Gasteiger partial charge < -0.3 is 5.73 Å². The summed E-state index contributed by atoms with van der Waals surface area (Å²) in [7, 11) is 0. The molecule has 1 aliphatic carbocycles. The van der Waals surface area contributed by atoms with Gasteiger partial charge in [0.2, 0.25) is 0 Å². The molecular weight excluding hydrogens is 522 g/mol. The molecule has 0 spiro atoms. The lowest BCUT2D eigenvalue weighted by molar-refractivity contribution is -0.116. The molecular formula is C36H33N3OS. The Morgan fingerprint density at radius 3 is 2.49 bits per heavy atom. The summed E-state index contributed by atoms with van der Waals surface area (Å²) in [5.74, 6) is 0.854. The highest BCUT2D eigenvalue weighted by Crippen LogP contribution is 2.48. The number of allylic oxidation sites excluding steroid dienone is 3. The van der Waals surface area contributed by atoms with Crippen LogP contribution in [-0.4, -0.2) is 5.78 Å². The molecule has 0 amide bonds. The predicted molar refractivity (Wildman–Crippen MR) is 169 cm³/mol. The van der Waals surface area contributed by atoms with Crippen LogP contribution < -0.4 is 10.6 Å². The first-order valence-electron chi connectivity index (χ1n) is 14.1. The zero-order chi connectivity index (χ0) is 28.7. The maximum atomic E-state index is 13.8. The topological polar surface area (TPSA) is 70.1 Å². The van der Waals surface area contributed by atoms with Crippen molar-refractivity contribution < 1.29 is 4.79 Å². The Hall–Kier alpha value is -4.27. The number of thioether (sulfide) groups is 1. The molecule has 1 unspecified atom stereocenters. The number of hydrogen-bond acceptors (Lipinski definition) is 5. The zero-order valence-corrected chi connectivity index (χ0v) is 24.5. The van der Waals surface area contributed by atoms with E-state index in [1.165, 1.54) is 21.6 Å². The first-order chi connectivity index (χ1) is 19.9. The van der Waals surface area contributed by atoms with Crippen molar-refractivity contribution in [1.29, 1.82) is 5.26 Å². The van der Waals surface area contributed by atoms with Gasteiger partial charge in [-0.3, -0.25) is 9.69 Å². The van der Waals surface area contributed by atoms with Crippen LogP contribution in [-0.2, 0) is 10.5 Å². The Morgan fingerprint density at radius 2 is 1.68 bits per heavy atom. The van der Waals surface area contributed by atoms with E-state index in [2.05, 4.69) is 81.4 Å². The summed E-state index contributed by atoms with van der Waals surface area (Å²) >= 11 is 1.82. The number of benzene rings is 4. The summed E-state index contributed by atoms with van der Waals surface area (Å²) in [6.07, 6.45) is 1.99. The van der Waals surface area contributed by atoms with E-state index in [1.807, 2.05) is 40.9 Å². The highest BCUT2D eigenvalue weighted by molar-refractivity contribution is 7.98. The molecule has 0 saturated heterocycles. The number of Topliss-reactive ketones (excluding diaryl/α,β-unsaturated/α-hetero) is 1. The van der Waals surface area contributed by atoms with Crippen LogP contribution in [0.5, 0.6) is 0 Å². The number of nitrogens with zero attached hydrogens (tertiary/aromatic N) is 2. The van der Waals surface area contributed by atoms with Gasteiger partial charge in [0, 0.05) is 33.7 Å². The lowest BCUT2D eigenvalue weighted by Crippen LogP contribution is -2.39. The fourth-order valence-corrected chi connectivity index (χ4v) is 7.42. The van der Waals surface area contributed by atoms with E-state index in [1.54, 1.807) is 0 Å². The van der Waals surface area contributed by atoms with E-state index >= 15 is 0 Å². The lowest BCUT2D eigenvalue weighted by Gasteiger charge is -2.40. The van der Waals surface area contributed by atoms with E-state index in [0.717, 1.165) is 57.5 Å². The number of carbonyl (C=O) groups excluding carboxylic acids is 1. The average molecular weight is 556 g/mol. The summed E-state index contributed by atoms with van der Waals surface area (Å²) in [4.78, 5) is 17.0. The van der Waals surface area contributed by atoms with Crippen molar-refractivity contribution in [3.63, 3.8) is 0 Å². The molecule has 5 heteroatoms. The van der Waals surface area contributed by atoms with Gasteiger partial charge in [0.05, 0.1) is 23.2 Å². The summed E-state index contributed by atoms with van der Waals surface area (Å²) in [5.41, 5.74) is 15.7. The lowest BCUT2D eigenvalue weighted by atomic mass is 9.74. The molecule has 4 aromatic rings. The van der Waals surface area contributed by atoms with Gasteiger partial charge in [-0.15, -0.1) is 11.8 Å². The van der Waals surface area contributed by atoms with Crippen molar-refractivity contribution in [3.05, 3.63) is 129 Å². The molecule has 6 rings (SSSR count). The molecule has 0 fully saturated rings. The molecule has 1 heterocycles. The molecule has 41 heavy (non-hydrogen) atoms. The molecule has 2 aliphatic rings. The van der Waals surface area contributed by atoms with Crippen LogP contribution in [0.2, 0.25) is 0 Å². The van der Waals surface area contributed by atoms with E-state index in [0.29, 0.717) is 17.8 Å². The Kier molecular flexibility index (Phi) is 7.19. The van der Waals surface area contributed by atoms with Gasteiger partial charge in [-0.2, -0.15) is 5.26 Å². The first kappa shape index (κ1) is 26.9. The van der Waals surface area contributed by atoms with Crippen molar-refractivity contribution in [2.24, 2.45) is 5.73 Å². The number of rotatable bonds is 5. The Morgan fingerprint density at radius 1 is 0.927 bits per heavy atom. The Bertz CT molecular complexity index is 1800. The highest BCUT2D eigenvalue weighted by atomic mass is 32.2. The van der Waals surface area contributed by atoms with E-state index in [4.69, 9.17) is 5.73 Å². The molecule has 204 valence electrons. The number of ketones is 1. The van der Waals surface area contributed by atoms with Gasteiger partial charge in [-0.05, 0) is 78.9 Å². The summed E-state index contributed by atoms with van der Waals surface area (Å²) in [6, 6.07) is 29.6. The van der Waals surface area contributed by atoms with Gasteiger partial charge in [-0.25, -0.2) is 0 Å². The van der Waals surface area contributed by atoms with Gasteiger partial charge in [0.25, 0.3) is 0 Å². The van der Waals surface area contributed by atoms with Crippen molar-refractivity contribution >= 4 is 34.0 Å². The number of nitriles is 1. The van der Waals surface area contributed by atoms with Crippen LogP contribution in [0.3, 0.4) is 0 Å². The highest BCUT2D eigenvalue weighted by Gasteiger charge is 2.41. The largest absolute Gasteiger partial charge is 0.384 e. The molecule has 0 radical (unpaired) electrons. The predicted octanol–water partition coefficient (Wildman–Crippen LogP) is 8.36. The minimum Gasteiger partial charge on any atom is -0.384 e. The standard InChI is InChI=1S/C36H33N3OS/c1-22-10-4-7-17-33(22)41-21-26-19-28(24(3)18-23(26)2)34-29(20-37)36(38)39(31-15-9-16-32(40)35(31)34)30-14-8-12-25-11-5-6-13-27(25)30/h4-8,10-14,17-19,34H,9,15-16,21,38H2,1-3H3. The number of aryl methyl sites for hydroxylation is 3. The smallest absolute Gasteiger partial charge is 0.161 e. The van der Waals surface area contributed by atoms with E-state index in [9.17, 15) is 10.1 Å². The molecule has 0 aromatic heterocycles. The molecule has 1 atom stereocenters. The third-order valence-electron chi connectivity index (χ3n) is 8.43. The van der Waals surface area contributed by atoms with Gasteiger partial charge in [0.15, 0.2) is 5.78 Å². The maximum Gasteiger partial charge on any atom is 0.161 e. The SMILES string of the molecule is Cc1cc(C)c(C2C(C#N)=C(N)N(c3cccc4ccccc34)C3=C2C(=O)CCC3)cc1CSc1ccccc1C. The molecule has 1 aliphatic heterocycles. The van der Waals surface area contributed by atoms with Crippen molar-refractivity contribution in [3.8, 4) is 6.07 Å². The van der Waals surface area contributed by atoms with Crippen LogP contribution in [0.4, 0.5) is 5.69 Å². The minimum atomic E-state index is -0.475. The number of carbonyl (C=O) groups is 1. The van der Waals surface area contributed by atoms with Crippen LogP contribution in [0.25, 0.3) is 10.8 Å². The number of anilines is 1. The maximum absolute atomic E-state index is 13.8.